The number of hydrogen-bond acceptors (Lipinski definition) is 3. The molecular weight excluding hydrogens is 334 g/mol. The lowest BCUT2D eigenvalue weighted by molar-refractivity contribution is -0.122. The first-order valence-electron chi connectivity index (χ1n) is 9.39. The molecule has 130 valence electrons. The highest BCUT2D eigenvalue weighted by Gasteiger charge is 2.55. The van der Waals surface area contributed by atoms with Crippen molar-refractivity contribution in [2.24, 2.45) is 17.8 Å². The molecule has 1 aromatic carbocycles. The van der Waals surface area contributed by atoms with Crippen molar-refractivity contribution in [3.63, 3.8) is 0 Å². The predicted octanol–water partition coefficient (Wildman–Crippen LogP) is 5.19. The third kappa shape index (κ3) is 2.90. The fraction of sp³-hybridized carbons (Fsp3) is 0.650. The van der Waals surface area contributed by atoms with Crippen LogP contribution in [-0.4, -0.2) is 21.5 Å². The summed E-state index contributed by atoms with van der Waals surface area (Å²) in [7, 11) is 0. The van der Waals surface area contributed by atoms with Gasteiger partial charge in [-0.3, -0.25) is 4.79 Å². The van der Waals surface area contributed by atoms with Crippen LogP contribution in [0.25, 0.3) is 0 Å². The van der Waals surface area contributed by atoms with Crippen LogP contribution < -0.4 is 5.32 Å². The van der Waals surface area contributed by atoms with Crippen LogP contribution in [0.15, 0.2) is 24.3 Å². The molecule has 1 spiro atoms. The van der Waals surface area contributed by atoms with Crippen LogP contribution in [0.2, 0.25) is 0 Å². The minimum atomic E-state index is 0.206. The van der Waals surface area contributed by atoms with Crippen LogP contribution in [0.3, 0.4) is 0 Å². The molecule has 3 fully saturated rings. The van der Waals surface area contributed by atoms with Crippen molar-refractivity contribution >= 4 is 35.1 Å². The highest BCUT2D eigenvalue weighted by Crippen LogP contribution is 2.64. The third-order valence-electron chi connectivity index (χ3n) is 6.15. The number of benzene rings is 1. The van der Waals surface area contributed by atoms with Crippen LogP contribution in [0.5, 0.6) is 0 Å². The number of amides is 1. The topological polar surface area (TPSA) is 29.1 Å². The zero-order valence-corrected chi connectivity index (χ0v) is 16.1. The molecule has 0 radical (unpaired) electrons. The van der Waals surface area contributed by atoms with Crippen molar-refractivity contribution in [2.45, 2.75) is 49.5 Å². The van der Waals surface area contributed by atoms with E-state index in [1.54, 1.807) is 0 Å². The largest absolute Gasteiger partial charge is 0.326 e. The Hall–Kier alpha value is -0.610. The molecule has 4 rings (SSSR count). The van der Waals surface area contributed by atoms with Gasteiger partial charge in [0.15, 0.2) is 0 Å². The summed E-state index contributed by atoms with van der Waals surface area (Å²) in [5.41, 5.74) is 2.25. The highest BCUT2D eigenvalue weighted by molar-refractivity contribution is 8.21. The average Bonchev–Trinajstić information content (AvgIpc) is 3.04. The predicted molar refractivity (Wildman–Crippen MR) is 106 cm³/mol. The zero-order chi connectivity index (χ0) is 16.6. The summed E-state index contributed by atoms with van der Waals surface area (Å²) in [4.78, 5) is 12.9. The third-order valence-corrected chi connectivity index (χ3v) is 10.2. The molecule has 1 saturated heterocycles. The zero-order valence-electron chi connectivity index (χ0n) is 14.4. The quantitative estimate of drug-likeness (QED) is 0.803. The monoisotopic (exact) mass is 361 g/mol. The Morgan fingerprint density at radius 1 is 1.17 bits per heavy atom. The summed E-state index contributed by atoms with van der Waals surface area (Å²) in [6.45, 7) is 2.15. The summed E-state index contributed by atoms with van der Waals surface area (Å²) >= 11 is 4.43. The molecule has 1 heterocycles. The fourth-order valence-electron chi connectivity index (χ4n) is 5.01. The van der Waals surface area contributed by atoms with Gasteiger partial charge < -0.3 is 5.32 Å². The molecule has 4 heteroatoms. The van der Waals surface area contributed by atoms with Crippen molar-refractivity contribution in [1.82, 2.24) is 0 Å². The number of rotatable bonds is 3. The van der Waals surface area contributed by atoms with E-state index in [-0.39, 0.29) is 11.8 Å². The SMILES string of the molecule is CCc1ccccc1NC(=O)C1C[C@H]2CCC[C@H](C1)C21SCCS1. The van der Waals surface area contributed by atoms with Crippen LogP contribution in [0.4, 0.5) is 5.69 Å². The van der Waals surface area contributed by atoms with Crippen molar-refractivity contribution in [2.75, 3.05) is 16.8 Å². The van der Waals surface area contributed by atoms with Crippen LogP contribution in [0, 0.1) is 17.8 Å². The van der Waals surface area contributed by atoms with Gasteiger partial charge in [0.25, 0.3) is 0 Å². The van der Waals surface area contributed by atoms with Gasteiger partial charge in [0.1, 0.15) is 0 Å². The van der Waals surface area contributed by atoms with Gasteiger partial charge in [0, 0.05) is 23.1 Å². The lowest BCUT2D eigenvalue weighted by atomic mass is 9.67. The number of carbonyl (C=O) groups excluding carboxylic acids is 1. The smallest absolute Gasteiger partial charge is 0.227 e. The molecule has 2 bridgehead atoms. The minimum Gasteiger partial charge on any atom is -0.326 e. The number of para-hydroxylation sites is 1. The second-order valence-corrected chi connectivity index (χ2v) is 10.4. The average molecular weight is 362 g/mol. The number of aryl methyl sites for hydroxylation is 1. The number of thioether (sulfide) groups is 2. The Morgan fingerprint density at radius 3 is 2.50 bits per heavy atom. The van der Waals surface area contributed by atoms with E-state index >= 15 is 0 Å². The molecule has 1 N–H and O–H groups in total. The second kappa shape index (κ2) is 6.95. The molecule has 2 atom stereocenters. The molecule has 1 aromatic rings. The highest BCUT2D eigenvalue weighted by atomic mass is 32.2. The molecule has 2 aliphatic carbocycles. The summed E-state index contributed by atoms with van der Waals surface area (Å²) in [5.74, 6) is 4.55. The van der Waals surface area contributed by atoms with Crippen molar-refractivity contribution < 1.29 is 4.79 Å². The van der Waals surface area contributed by atoms with Crippen LogP contribution in [-0.2, 0) is 11.2 Å². The fourth-order valence-corrected chi connectivity index (χ4v) is 8.95. The van der Waals surface area contributed by atoms with Gasteiger partial charge in [-0.25, -0.2) is 0 Å². The molecule has 2 nitrogen and oxygen atoms in total. The molecule has 0 aromatic heterocycles. The van der Waals surface area contributed by atoms with E-state index in [0.29, 0.717) is 4.08 Å². The Bertz CT molecular complexity index is 595. The van der Waals surface area contributed by atoms with Gasteiger partial charge in [-0.1, -0.05) is 31.5 Å². The van der Waals surface area contributed by atoms with Gasteiger partial charge in [-0.05, 0) is 55.6 Å². The van der Waals surface area contributed by atoms with Crippen LogP contribution >= 0.6 is 23.5 Å². The van der Waals surface area contributed by atoms with Gasteiger partial charge in [0.2, 0.25) is 5.91 Å². The van der Waals surface area contributed by atoms with Crippen molar-refractivity contribution in [1.29, 1.82) is 0 Å². The number of anilines is 1. The molecule has 24 heavy (non-hydrogen) atoms. The van der Waals surface area contributed by atoms with E-state index in [0.717, 1.165) is 36.8 Å². The van der Waals surface area contributed by atoms with Crippen molar-refractivity contribution in [3.8, 4) is 0 Å². The van der Waals surface area contributed by atoms with E-state index in [9.17, 15) is 4.79 Å². The Balaban J connectivity index is 1.49. The summed E-state index contributed by atoms with van der Waals surface area (Å²) in [6.07, 6.45) is 7.17. The summed E-state index contributed by atoms with van der Waals surface area (Å²) < 4.78 is 0.455. The standard InChI is InChI=1S/C20H27NOS2/c1-2-14-6-3-4-9-18(14)21-19(22)15-12-16-7-5-8-17(13-15)20(16)23-10-11-24-20/h3-4,6,9,15-17H,2,5,7-8,10-13H2,1H3,(H,21,22)/t16-,17-/m1/s1. The summed E-state index contributed by atoms with van der Waals surface area (Å²) in [6, 6.07) is 8.24. The Kier molecular flexibility index (Phi) is 4.88. The lowest BCUT2D eigenvalue weighted by Gasteiger charge is -2.52. The molecule has 1 aliphatic heterocycles. The Morgan fingerprint density at radius 2 is 1.83 bits per heavy atom. The normalized spacial score (nSPS) is 31.1. The number of hydrogen-bond donors (Lipinski definition) is 1. The molecular formula is C20H27NOS2. The van der Waals surface area contributed by atoms with E-state index in [4.69, 9.17) is 0 Å². The first-order valence-corrected chi connectivity index (χ1v) is 11.4. The minimum absolute atomic E-state index is 0.206. The molecule has 1 amide bonds. The Labute approximate surface area is 153 Å². The van der Waals surface area contributed by atoms with E-state index in [1.165, 1.54) is 36.3 Å². The lowest BCUT2D eigenvalue weighted by Crippen LogP contribution is -2.48. The van der Waals surface area contributed by atoms with Gasteiger partial charge in [-0.15, -0.1) is 23.5 Å². The van der Waals surface area contributed by atoms with Crippen LogP contribution in [0.1, 0.15) is 44.6 Å². The van der Waals surface area contributed by atoms with Gasteiger partial charge in [-0.2, -0.15) is 0 Å². The molecule has 3 aliphatic rings. The number of nitrogens with one attached hydrogen (secondary N) is 1. The maximum absolute atomic E-state index is 12.9. The summed E-state index contributed by atoms with van der Waals surface area (Å²) in [5, 5.41) is 3.25. The van der Waals surface area contributed by atoms with Gasteiger partial charge >= 0.3 is 0 Å². The molecule has 0 unspecified atom stereocenters. The van der Waals surface area contributed by atoms with E-state index in [2.05, 4.69) is 47.9 Å². The molecule has 2 saturated carbocycles. The maximum atomic E-state index is 12.9. The van der Waals surface area contributed by atoms with E-state index in [1.807, 2.05) is 12.1 Å². The van der Waals surface area contributed by atoms with Gasteiger partial charge in [0.05, 0.1) is 4.08 Å². The number of carbonyl (C=O) groups is 1. The second-order valence-electron chi connectivity index (χ2n) is 7.41. The maximum Gasteiger partial charge on any atom is 0.227 e. The van der Waals surface area contributed by atoms with Crippen molar-refractivity contribution in [3.05, 3.63) is 29.8 Å². The first kappa shape index (κ1) is 16.8. The first-order chi connectivity index (χ1) is 11.7. The van der Waals surface area contributed by atoms with E-state index < -0.39 is 0 Å².